The van der Waals surface area contributed by atoms with E-state index in [1.807, 2.05) is 26.2 Å². The number of esters is 1. The lowest BCUT2D eigenvalue weighted by molar-refractivity contribution is -0.154. The second kappa shape index (κ2) is 12.2. The van der Waals surface area contributed by atoms with E-state index in [0.29, 0.717) is 12.8 Å². The fourth-order valence-electron chi connectivity index (χ4n) is 4.44. The minimum Gasteiger partial charge on any atom is -0.457 e. The summed E-state index contributed by atoms with van der Waals surface area (Å²) >= 11 is 1.57. The number of carbonyl (C=O) groups is 2. The molecular formula is C27H41NO5S. The summed E-state index contributed by atoms with van der Waals surface area (Å²) in [4.78, 5) is 30.5. The van der Waals surface area contributed by atoms with Crippen LogP contribution in [0.1, 0.15) is 77.4 Å². The van der Waals surface area contributed by atoms with Crippen molar-refractivity contribution in [3.8, 4) is 0 Å². The minimum atomic E-state index is -1.22. The van der Waals surface area contributed by atoms with Gasteiger partial charge in [0.25, 0.3) is 0 Å². The molecule has 34 heavy (non-hydrogen) atoms. The Morgan fingerprint density at radius 3 is 2.56 bits per heavy atom. The third kappa shape index (κ3) is 7.59. The molecule has 0 saturated carbocycles. The van der Waals surface area contributed by atoms with E-state index in [1.165, 1.54) is 5.57 Å². The van der Waals surface area contributed by atoms with Gasteiger partial charge in [-0.2, -0.15) is 0 Å². The Labute approximate surface area is 208 Å². The molecule has 5 atom stereocenters. The molecule has 2 N–H and O–H groups in total. The van der Waals surface area contributed by atoms with E-state index in [9.17, 15) is 19.8 Å². The van der Waals surface area contributed by atoms with E-state index in [4.69, 9.17) is 4.74 Å². The lowest BCUT2D eigenvalue weighted by atomic mass is 9.73. The highest BCUT2D eigenvalue weighted by atomic mass is 32.1. The molecule has 1 aromatic rings. The maximum Gasteiger partial charge on any atom is 0.309 e. The molecule has 2 rings (SSSR count). The number of carbonyl (C=O) groups excluding carboxylic acids is 2. The maximum atomic E-state index is 13.2. The summed E-state index contributed by atoms with van der Waals surface area (Å²) in [6.45, 7) is 15.1. The third-order valence-electron chi connectivity index (χ3n) is 7.05. The zero-order valence-electron chi connectivity index (χ0n) is 21.5. The highest BCUT2D eigenvalue weighted by Gasteiger charge is 2.42. The summed E-state index contributed by atoms with van der Waals surface area (Å²) in [5.41, 5.74) is 1.62. The van der Waals surface area contributed by atoms with E-state index in [2.05, 4.69) is 17.6 Å². The Morgan fingerprint density at radius 2 is 1.94 bits per heavy atom. The number of aromatic nitrogens is 1. The largest absolute Gasteiger partial charge is 0.457 e. The monoisotopic (exact) mass is 491 g/mol. The first-order valence-electron chi connectivity index (χ1n) is 12.2. The van der Waals surface area contributed by atoms with Crippen molar-refractivity contribution in [2.24, 2.45) is 17.3 Å². The predicted octanol–water partition coefficient (Wildman–Crippen LogP) is 4.96. The van der Waals surface area contributed by atoms with Crippen molar-refractivity contribution in [2.75, 3.05) is 0 Å². The van der Waals surface area contributed by atoms with Gasteiger partial charge in [-0.3, -0.25) is 9.59 Å². The van der Waals surface area contributed by atoms with Gasteiger partial charge in [-0.25, -0.2) is 4.98 Å². The molecule has 1 aromatic heterocycles. The number of ketones is 1. The summed E-state index contributed by atoms with van der Waals surface area (Å²) in [5, 5.41) is 24.5. The summed E-state index contributed by atoms with van der Waals surface area (Å²) in [7, 11) is 0. The molecule has 0 spiro atoms. The van der Waals surface area contributed by atoms with Gasteiger partial charge in [0, 0.05) is 24.1 Å². The van der Waals surface area contributed by atoms with E-state index in [1.54, 1.807) is 32.1 Å². The van der Waals surface area contributed by atoms with E-state index < -0.39 is 35.6 Å². The average molecular weight is 492 g/mol. The van der Waals surface area contributed by atoms with Crippen LogP contribution >= 0.6 is 11.3 Å². The fourth-order valence-corrected chi connectivity index (χ4v) is 5.05. The van der Waals surface area contributed by atoms with Gasteiger partial charge < -0.3 is 14.9 Å². The predicted molar refractivity (Wildman–Crippen MR) is 136 cm³/mol. The number of hydrogen-bond donors (Lipinski definition) is 2. The normalized spacial score (nSPS) is 31.4. The summed E-state index contributed by atoms with van der Waals surface area (Å²) in [5.74, 6) is -1.52. The Balaban J connectivity index is 2.27. The van der Waals surface area contributed by atoms with Crippen LogP contribution in [-0.4, -0.2) is 45.3 Å². The fraction of sp³-hybridized carbons (Fsp3) is 0.667. The molecule has 0 aliphatic carbocycles. The lowest BCUT2D eigenvalue weighted by Crippen LogP contribution is -2.45. The lowest BCUT2D eigenvalue weighted by Gasteiger charge is -2.34. The summed E-state index contributed by atoms with van der Waals surface area (Å²) < 4.78 is 5.78. The first kappa shape index (κ1) is 28.4. The number of Topliss-reactive ketones (excluding diaryl/α,β-unsaturated/α-hetero) is 1. The van der Waals surface area contributed by atoms with Crippen LogP contribution in [0.15, 0.2) is 29.2 Å². The smallest absolute Gasteiger partial charge is 0.309 e. The number of aryl methyl sites for hydroxylation is 1. The molecule has 0 unspecified atom stereocenters. The van der Waals surface area contributed by atoms with Crippen LogP contribution in [0.2, 0.25) is 0 Å². The summed E-state index contributed by atoms with van der Waals surface area (Å²) in [6, 6.07) is 0. The molecule has 190 valence electrons. The quantitative estimate of drug-likeness (QED) is 0.458. The van der Waals surface area contributed by atoms with E-state index in [-0.39, 0.29) is 18.1 Å². The number of nitrogens with zero attached hydrogens (tertiary/aromatic N) is 1. The van der Waals surface area contributed by atoms with Crippen molar-refractivity contribution >= 4 is 23.1 Å². The Kier molecular flexibility index (Phi) is 10.2. The summed E-state index contributed by atoms with van der Waals surface area (Å²) in [6.07, 6.45) is 2.75. The zero-order valence-corrected chi connectivity index (χ0v) is 22.3. The first-order chi connectivity index (χ1) is 15.8. The number of hydrogen-bond acceptors (Lipinski definition) is 7. The maximum absolute atomic E-state index is 13.2. The van der Waals surface area contributed by atoms with Crippen molar-refractivity contribution in [3.05, 3.63) is 39.9 Å². The van der Waals surface area contributed by atoms with Crippen molar-refractivity contribution < 1.29 is 24.5 Å². The Hall–Kier alpha value is -1.83. The SMILES string of the molecule is C=C(Cc1csc(C)n1)[C@@H]1C/C=C(/C)CCC[C@H](C)[C@H](O)[C@@H](C)C(=O)C(C)(C)[C@@H](O)CC(=O)O1. The van der Waals surface area contributed by atoms with Crippen molar-refractivity contribution in [1.29, 1.82) is 0 Å². The molecule has 0 radical (unpaired) electrons. The van der Waals surface area contributed by atoms with Gasteiger partial charge in [-0.05, 0) is 44.6 Å². The number of rotatable bonds is 3. The number of allylic oxidation sites excluding steroid dienone is 1. The van der Waals surface area contributed by atoms with Crippen LogP contribution in [0.3, 0.4) is 0 Å². The molecule has 1 aliphatic rings. The standard InChI is InChI=1S/C27H41NO5S/c1-16-9-8-10-17(2)25(31)19(4)26(32)27(6,7)23(29)14-24(30)33-22(12-11-16)18(3)13-21-15-34-20(5)28-21/h11,15,17,19,22-23,25,29,31H,3,8-10,12-14H2,1-2,4-7H3/b16-11-/t17-,19+,22-,23-,25-/m0/s1. The molecule has 0 saturated heterocycles. The van der Waals surface area contributed by atoms with Crippen LogP contribution in [0.4, 0.5) is 0 Å². The van der Waals surface area contributed by atoms with Gasteiger partial charge in [-0.1, -0.05) is 45.9 Å². The molecule has 0 fully saturated rings. The van der Waals surface area contributed by atoms with Gasteiger partial charge in [-0.15, -0.1) is 11.3 Å². The molecule has 0 bridgehead atoms. The number of cyclic esters (lactones) is 1. The Bertz CT molecular complexity index is 903. The molecular weight excluding hydrogens is 450 g/mol. The van der Waals surface area contributed by atoms with Gasteiger partial charge in [0.15, 0.2) is 0 Å². The molecule has 2 heterocycles. The van der Waals surface area contributed by atoms with Crippen LogP contribution in [-0.2, 0) is 20.7 Å². The van der Waals surface area contributed by atoms with Crippen LogP contribution < -0.4 is 0 Å². The highest BCUT2D eigenvalue weighted by molar-refractivity contribution is 7.09. The van der Waals surface area contributed by atoms with E-state index in [0.717, 1.165) is 35.5 Å². The van der Waals surface area contributed by atoms with E-state index >= 15 is 0 Å². The molecule has 0 amide bonds. The van der Waals surface area contributed by atoms with Gasteiger partial charge >= 0.3 is 5.97 Å². The van der Waals surface area contributed by atoms with Crippen LogP contribution in [0.5, 0.6) is 0 Å². The van der Waals surface area contributed by atoms with Crippen LogP contribution in [0, 0.1) is 24.2 Å². The second-order valence-electron chi connectivity index (χ2n) is 10.4. The molecule has 0 aromatic carbocycles. The number of aliphatic hydroxyl groups excluding tert-OH is 2. The first-order valence-corrected chi connectivity index (χ1v) is 13.0. The molecule has 6 nitrogen and oxygen atoms in total. The molecule has 1 aliphatic heterocycles. The highest BCUT2D eigenvalue weighted by Crippen LogP contribution is 2.32. The van der Waals surface area contributed by atoms with Crippen molar-refractivity contribution in [1.82, 2.24) is 4.98 Å². The number of ether oxygens (including phenoxy) is 1. The number of thiazole rings is 1. The second-order valence-corrected chi connectivity index (χ2v) is 11.5. The van der Waals surface area contributed by atoms with Crippen LogP contribution in [0.25, 0.3) is 0 Å². The number of aliphatic hydroxyl groups is 2. The topological polar surface area (TPSA) is 96.7 Å². The minimum absolute atomic E-state index is 0.0494. The van der Waals surface area contributed by atoms with Crippen molar-refractivity contribution in [3.63, 3.8) is 0 Å². The third-order valence-corrected chi connectivity index (χ3v) is 7.87. The molecule has 7 heteroatoms. The Morgan fingerprint density at radius 1 is 1.26 bits per heavy atom. The van der Waals surface area contributed by atoms with Gasteiger partial charge in [0.05, 0.1) is 34.7 Å². The van der Waals surface area contributed by atoms with Gasteiger partial charge in [0.1, 0.15) is 11.9 Å². The average Bonchev–Trinajstić information content (AvgIpc) is 3.18. The van der Waals surface area contributed by atoms with Crippen molar-refractivity contribution in [2.45, 2.75) is 98.4 Å². The van der Waals surface area contributed by atoms with Gasteiger partial charge in [0.2, 0.25) is 0 Å². The zero-order chi connectivity index (χ0) is 25.6.